The Hall–Kier alpha value is -1.76. The molecule has 0 saturated carbocycles. The maximum atomic E-state index is 10.5. The summed E-state index contributed by atoms with van der Waals surface area (Å²) in [5, 5.41) is 20.1. The van der Waals surface area contributed by atoms with Crippen LogP contribution in [0.25, 0.3) is 0 Å². The lowest BCUT2D eigenvalue weighted by molar-refractivity contribution is -0.404. The van der Waals surface area contributed by atoms with E-state index in [1.807, 2.05) is 0 Å². The molecule has 0 amide bonds. The van der Waals surface area contributed by atoms with Crippen LogP contribution in [0.5, 0.6) is 0 Å². The highest BCUT2D eigenvalue weighted by molar-refractivity contribution is 6.23. The first-order valence-corrected chi connectivity index (χ1v) is 5.45. The van der Waals surface area contributed by atoms with E-state index in [1.54, 1.807) is 24.1 Å². The van der Waals surface area contributed by atoms with Gasteiger partial charge in [0.2, 0.25) is 0 Å². The molecule has 1 fully saturated rings. The van der Waals surface area contributed by atoms with Gasteiger partial charge in [-0.25, -0.2) is 0 Å². The van der Waals surface area contributed by atoms with E-state index in [0.717, 1.165) is 6.20 Å². The third kappa shape index (κ3) is 2.19. The van der Waals surface area contributed by atoms with E-state index < -0.39 is 9.92 Å². The van der Waals surface area contributed by atoms with Gasteiger partial charge >= 0.3 is 0 Å². The fourth-order valence-electron chi connectivity index (χ4n) is 1.82. The van der Waals surface area contributed by atoms with Crippen LogP contribution in [0.4, 0.5) is 0 Å². The standard InChI is InChI=1S/C9H12ClN5O2/c1-9(10,7-2-3-12-13-7)14-5-4-11-8(14)6-15(16)17/h2-3,6,11H,4-5H2,1H3,(H,12,13)/t9-/m1/s1. The Morgan fingerprint density at radius 1 is 1.76 bits per heavy atom. The zero-order valence-corrected chi connectivity index (χ0v) is 9.94. The minimum absolute atomic E-state index is 0.405. The number of nitrogens with one attached hydrogen (secondary N) is 2. The second-order valence-electron chi connectivity index (χ2n) is 3.80. The van der Waals surface area contributed by atoms with Gasteiger partial charge in [-0.15, -0.1) is 0 Å². The van der Waals surface area contributed by atoms with Gasteiger partial charge in [0, 0.05) is 19.3 Å². The molecule has 2 N–H and O–H groups in total. The molecular formula is C9H12ClN5O2. The molecule has 0 aromatic carbocycles. The molecule has 1 aliphatic rings. The lowest BCUT2D eigenvalue weighted by Gasteiger charge is -2.32. The fraction of sp³-hybridized carbons (Fsp3) is 0.444. The van der Waals surface area contributed by atoms with Gasteiger partial charge in [-0.3, -0.25) is 15.2 Å². The minimum atomic E-state index is -0.887. The molecule has 0 aliphatic carbocycles. The van der Waals surface area contributed by atoms with Crippen LogP contribution in [0.2, 0.25) is 0 Å². The summed E-state index contributed by atoms with van der Waals surface area (Å²) in [6.07, 6.45) is 2.51. The fourth-order valence-corrected chi connectivity index (χ4v) is 2.10. The van der Waals surface area contributed by atoms with Crippen LogP contribution < -0.4 is 5.32 Å². The summed E-state index contributed by atoms with van der Waals surface area (Å²) in [6.45, 7) is 2.98. The molecule has 1 atom stereocenters. The van der Waals surface area contributed by atoms with Gasteiger partial charge in [-0.2, -0.15) is 5.10 Å². The molecule has 1 aromatic rings. The SMILES string of the molecule is C[C@](Cl)(c1ccn[nH]1)N1CCNC1=C[N+](=O)[O-]. The number of nitrogens with zero attached hydrogens (tertiary/aromatic N) is 3. The zero-order valence-electron chi connectivity index (χ0n) is 9.18. The lowest BCUT2D eigenvalue weighted by atomic mass is 10.2. The molecule has 8 heteroatoms. The number of halogens is 1. The van der Waals surface area contributed by atoms with Crippen LogP contribution in [-0.4, -0.2) is 33.1 Å². The third-order valence-corrected chi connectivity index (χ3v) is 3.07. The molecule has 1 aromatic heterocycles. The highest BCUT2D eigenvalue weighted by atomic mass is 35.5. The molecule has 0 bridgehead atoms. The predicted molar refractivity (Wildman–Crippen MR) is 61.6 cm³/mol. The largest absolute Gasteiger partial charge is 0.365 e. The third-order valence-electron chi connectivity index (χ3n) is 2.66. The predicted octanol–water partition coefficient (Wildman–Crippen LogP) is 0.802. The Morgan fingerprint density at radius 2 is 2.53 bits per heavy atom. The van der Waals surface area contributed by atoms with Crippen molar-refractivity contribution in [1.82, 2.24) is 20.4 Å². The number of aromatic nitrogens is 2. The first-order valence-electron chi connectivity index (χ1n) is 5.07. The zero-order chi connectivity index (χ0) is 12.5. The summed E-state index contributed by atoms with van der Waals surface area (Å²) in [6, 6.07) is 1.75. The molecule has 1 aliphatic heterocycles. The quantitative estimate of drug-likeness (QED) is 0.362. The summed E-state index contributed by atoms with van der Waals surface area (Å²) in [7, 11) is 0. The van der Waals surface area contributed by atoms with Gasteiger partial charge in [0.1, 0.15) is 0 Å². The van der Waals surface area contributed by atoms with E-state index in [1.165, 1.54) is 0 Å². The van der Waals surface area contributed by atoms with E-state index in [2.05, 4.69) is 15.5 Å². The topological polar surface area (TPSA) is 87.1 Å². The van der Waals surface area contributed by atoms with Crippen molar-refractivity contribution in [3.8, 4) is 0 Å². The van der Waals surface area contributed by atoms with Crippen molar-refractivity contribution in [2.24, 2.45) is 0 Å². The molecule has 0 unspecified atom stereocenters. The number of hydrogen-bond acceptors (Lipinski definition) is 5. The average Bonchev–Trinajstić information content (AvgIpc) is 2.85. The first kappa shape index (κ1) is 11.7. The van der Waals surface area contributed by atoms with Crippen molar-refractivity contribution in [3.63, 3.8) is 0 Å². The van der Waals surface area contributed by atoms with Crippen LogP contribution in [0.15, 0.2) is 24.3 Å². The monoisotopic (exact) mass is 257 g/mol. The second-order valence-corrected chi connectivity index (χ2v) is 4.54. The van der Waals surface area contributed by atoms with E-state index in [-0.39, 0.29) is 0 Å². The highest BCUT2D eigenvalue weighted by Crippen LogP contribution is 2.34. The number of hydrogen-bond donors (Lipinski definition) is 2. The number of alkyl halides is 1. The van der Waals surface area contributed by atoms with Crippen molar-refractivity contribution >= 4 is 11.6 Å². The van der Waals surface area contributed by atoms with Gasteiger partial charge in [0.15, 0.2) is 10.8 Å². The molecular weight excluding hydrogens is 246 g/mol. The van der Waals surface area contributed by atoms with Gasteiger partial charge in [0.25, 0.3) is 6.20 Å². The van der Waals surface area contributed by atoms with Crippen molar-refractivity contribution in [2.75, 3.05) is 13.1 Å². The minimum Gasteiger partial charge on any atom is -0.365 e. The second kappa shape index (κ2) is 4.25. The smallest absolute Gasteiger partial charge is 0.274 e. The summed E-state index contributed by atoms with van der Waals surface area (Å²) < 4.78 is 0. The average molecular weight is 258 g/mol. The van der Waals surface area contributed by atoms with Crippen molar-refractivity contribution < 1.29 is 4.92 Å². The number of rotatable bonds is 3. The van der Waals surface area contributed by atoms with Crippen LogP contribution in [0.3, 0.4) is 0 Å². The maximum Gasteiger partial charge on any atom is 0.274 e. The molecule has 2 rings (SSSR count). The molecule has 0 radical (unpaired) electrons. The summed E-state index contributed by atoms with van der Waals surface area (Å²) in [5.41, 5.74) is 0.692. The molecule has 7 nitrogen and oxygen atoms in total. The number of nitro groups is 1. The van der Waals surface area contributed by atoms with E-state index >= 15 is 0 Å². The Morgan fingerprint density at radius 3 is 3.12 bits per heavy atom. The van der Waals surface area contributed by atoms with Crippen LogP contribution >= 0.6 is 11.6 Å². The van der Waals surface area contributed by atoms with Gasteiger partial charge in [-0.1, -0.05) is 11.6 Å². The molecule has 0 spiro atoms. The van der Waals surface area contributed by atoms with Crippen LogP contribution in [0.1, 0.15) is 12.6 Å². The first-order chi connectivity index (χ1) is 8.01. The molecule has 2 heterocycles. The van der Waals surface area contributed by atoms with Crippen molar-refractivity contribution in [2.45, 2.75) is 11.9 Å². The maximum absolute atomic E-state index is 10.5. The van der Waals surface area contributed by atoms with E-state index in [0.29, 0.717) is 24.6 Å². The Bertz CT molecular complexity index is 442. The van der Waals surface area contributed by atoms with E-state index in [4.69, 9.17) is 11.6 Å². The summed E-state index contributed by atoms with van der Waals surface area (Å²) >= 11 is 6.44. The summed E-state index contributed by atoms with van der Waals surface area (Å²) in [4.78, 5) is 10.9. The number of H-pyrrole nitrogens is 1. The normalized spacial score (nSPS) is 21.3. The van der Waals surface area contributed by atoms with Crippen LogP contribution in [0, 0.1) is 10.1 Å². The highest BCUT2D eigenvalue weighted by Gasteiger charge is 2.37. The van der Waals surface area contributed by atoms with Gasteiger partial charge < -0.3 is 10.2 Å². The van der Waals surface area contributed by atoms with Gasteiger partial charge in [0.05, 0.1) is 10.6 Å². The Balaban J connectivity index is 2.30. The lowest BCUT2D eigenvalue weighted by Crippen LogP contribution is -2.37. The van der Waals surface area contributed by atoms with Crippen molar-refractivity contribution in [1.29, 1.82) is 0 Å². The Labute approximate surface area is 103 Å². The molecule has 92 valence electrons. The van der Waals surface area contributed by atoms with Gasteiger partial charge in [-0.05, 0) is 13.0 Å². The molecule has 17 heavy (non-hydrogen) atoms. The number of aromatic amines is 1. The van der Waals surface area contributed by atoms with E-state index in [9.17, 15) is 10.1 Å². The van der Waals surface area contributed by atoms with Crippen LogP contribution in [-0.2, 0) is 5.00 Å². The van der Waals surface area contributed by atoms with Crippen molar-refractivity contribution in [3.05, 3.63) is 40.1 Å². The molecule has 1 saturated heterocycles. The summed E-state index contributed by atoms with van der Waals surface area (Å²) in [5.74, 6) is 0.405. The Kier molecular flexibility index (Phi) is 2.93.